The van der Waals surface area contributed by atoms with Gasteiger partial charge in [0.1, 0.15) is 23.1 Å². The van der Waals surface area contributed by atoms with Crippen LogP contribution in [0.2, 0.25) is 10.0 Å². The lowest BCUT2D eigenvalue weighted by Gasteiger charge is -2.34. The maximum atomic E-state index is 13.0. The Morgan fingerprint density at radius 2 is 1.88 bits per heavy atom. The first-order chi connectivity index (χ1) is 16.0. The summed E-state index contributed by atoms with van der Waals surface area (Å²) < 4.78 is 11.2. The fourth-order valence-corrected chi connectivity index (χ4v) is 4.76. The van der Waals surface area contributed by atoms with Gasteiger partial charge in [0, 0.05) is 45.2 Å². The molecule has 9 heteroatoms. The number of amides is 1. The normalized spacial score (nSPS) is 14.5. The highest BCUT2D eigenvalue weighted by atomic mass is 35.5. The van der Waals surface area contributed by atoms with Crippen LogP contribution in [0.3, 0.4) is 0 Å². The fourth-order valence-electron chi connectivity index (χ4n) is 3.61. The fraction of sp³-hybridized carbons (Fsp3) is 0.333. The van der Waals surface area contributed by atoms with Crippen LogP contribution in [0.5, 0.6) is 5.75 Å². The minimum atomic E-state index is -0.0295. The zero-order valence-electron chi connectivity index (χ0n) is 18.3. The smallest absolute Gasteiger partial charge is 0.273 e. The van der Waals surface area contributed by atoms with Gasteiger partial charge in [0.05, 0.1) is 22.2 Å². The number of methoxy groups -OCH3 is 1. The lowest BCUT2D eigenvalue weighted by atomic mass is 10.2. The molecule has 0 saturated carbocycles. The summed E-state index contributed by atoms with van der Waals surface area (Å²) in [5, 5.41) is 3.58. The number of ether oxygens (including phenoxy) is 2. The number of hydrogen-bond donors (Lipinski definition) is 0. The van der Waals surface area contributed by atoms with Crippen LogP contribution in [0, 0.1) is 0 Å². The summed E-state index contributed by atoms with van der Waals surface area (Å²) in [6, 6.07) is 13.1. The molecular formula is C24H25Cl2N3O3S. The van der Waals surface area contributed by atoms with E-state index in [0.717, 1.165) is 35.8 Å². The maximum absolute atomic E-state index is 13.0. The van der Waals surface area contributed by atoms with Gasteiger partial charge < -0.3 is 14.4 Å². The standard InChI is InChI=1S/C24H25Cl2N3O3S/c1-31-13-12-28-8-10-29(11-9-28)24(30)21-16-33-23(27-21)18-4-2-3-5-22(18)32-15-17-6-7-19(25)20(26)14-17/h2-7,14,16H,8-13,15H2,1H3. The summed E-state index contributed by atoms with van der Waals surface area (Å²) in [7, 11) is 1.70. The third-order valence-electron chi connectivity index (χ3n) is 5.49. The lowest BCUT2D eigenvalue weighted by molar-refractivity contribution is 0.0589. The number of hydrogen-bond acceptors (Lipinski definition) is 6. The quantitative estimate of drug-likeness (QED) is 0.426. The van der Waals surface area contributed by atoms with Crippen LogP contribution in [0.15, 0.2) is 47.8 Å². The second-order valence-corrected chi connectivity index (χ2v) is 9.37. The Morgan fingerprint density at radius 1 is 1.09 bits per heavy atom. The van der Waals surface area contributed by atoms with Crippen LogP contribution in [-0.4, -0.2) is 67.1 Å². The first-order valence-electron chi connectivity index (χ1n) is 10.7. The molecule has 1 saturated heterocycles. The Bertz CT molecular complexity index is 1100. The number of piperazine rings is 1. The number of carbonyl (C=O) groups excluding carboxylic acids is 1. The van der Waals surface area contributed by atoms with E-state index < -0.39 is 0 Å². The van der Waals surface area contributed by atoms with Crippen molar-refractivity contribution >= 4 is 40.4 Å². The molecule has 0 bridgehead atoms. The molecule has 174 valence electrons. The van der Waals surface area contributed by atoms with Crippen molar-refractivity contribution in [2.45, 2.75) is 6.61 Å². The van der Waals surface area contributed by atoms with E-state index in [2.05, 4.69) is 9.88 Å². The molecule has 0 atom stereocenters. The van der Waals surface area contributed by atoms with E-state index in [1.54, 1.807) is 19.2 Å². The van der Waals surface area contributed by atoms with Gasteiger partial charge in [0.25, 0.3) is 5.91 Å². The molecule has 33 heavy (non-hydrogen) atoms. The van der Waals surface area contributed by atoms with Gasteiger partial charge in [0.15, 0.2) is 0 Å². The molecule has 0 aliphatic carbocycles. The predicted octanol–water partition coefficient (Wildman–Crippen LogP) is 5.10. The maximum Gasteiger partial charge on any atom is 0.273 e. The van der Waals surface area contributed by atoms with E-state index in [4.69, 9.17) is 32.7 Å². The number of benzene rings is 2. The molecule has 2 heterocycles. The summed E-state index contributed by atoms with van der Waals surface area (Å²) in [6.45, 7) is 5.01. The Balaban J connectivity index is 1.42. The number of nitrogens with zero attached hydrogens (tertiary/aromatic N) is 3. The third kappa shape index (κ3) is 6.05. The van der Waals surface area contributed by atoms with E-state index in [1.165, 1.54) is 11.3 Å². The van der Waals surface area contributed by atoms with E-state index in [0.29, 0.717) is 47.8 Å². The zero-order valence-corrected chi connectivity index (χ0v) is 20.6. The molecule has 1 aliphatic rings. The van der Waals surface area contributed by atoms with Gasteiger partial charge in [-0.25, -0.2) is 4.98 Å². The largest absolute Gasteiger partial charge is 0.488 e. The number of aromatic nitrogens is 1. The topological polar surface area (TPSA) is 54.9 Å². The summed E-state index contributed by atoms with van der Waals surface area (Å²) >= 11 is 13.5. The van der Waals surface area contributed by atoms with Gasteiger partial charge in [0.2, 0.25) is 0 Å². The molecule has 4 rings (SSSR count). The molecule has 0 radical (unpaired) electrons. The summed E-state index contributed by atoms with van der Waals surface area (Å²) in [5.74, 6) is 0.668. The van der Waals surface area contributed by atoms with Crippen molar-refractivity contribution in [2.24, 2.45) is 0 Å². The molecular weight excluding hydrogens is 481 g/mol. The van der Waals surface area contributed by atoms with E-state index in [9.17, 15) is 4.79 Å². The van der Waals surface area contributed by atoms with Crippen LogP contribution >= 0.6 is 34.5 Å². The highest BCUT2D eigenvalue weighted by Crippen LogP contribution is 2.33. The minimum absolute atomic E-state index is 0.0295. The minimum Gasteiger partial charge on any atom is -0.488 e. The molecule has 1 amide bonds. The van der Waals surface area contributed by atoms with Gasteiger partial charge >= 0.3 is 0 Å². The summed E-state index contributed by atoms with van der Waals surface area (Å²) in [5.41, 5.74) is 2.24. The van der Waals surface area contributed by atoms with E-state index in [1.807, 2.05) is 40.6 Å². The first kappa shape index (κ1) is 24.0. The van der Waals surface area contributed by atoms with Crippen molar-refractivity contribution in [3.05, 3.63) is 69.1 Å². The van der Waals surface area contributed by atoms with Crippen LogP contribution < -0.4 is 4.74 Å². The SMILES string of the molecule is COCCN1CCN(C(=O)c2csc(-c3ccccc3OCc3ccc(Cl)c(Cl)c3)n2)CC1. The summed E-state index contributed by atoms with van der Waals surface area (Å²) in [4.78, 5) is 21.8. The summed E-state index contributed by atoms with van der Waals surface area (Å²) in [6.07, 6.45) is 0. The molecule has 0 N–H and O–H groups in total. The van der Waals surface area contributed by atoms with Crippen molar-refractivity contribution in [3.8, 4) is 16.3 Å². The molecule has 2 aromatic carbocycles. The van der Waals surface area contributed by atoms with E-state index in [-0.39, 0.29) is 5.91 Å². The van der Waals surface area contributed by atoms with Gasteiger partial charge in [-0.05, 0) is 29.8 Å². The van der Waals surface area contributed by atoms with Crippen LogP contribution in [0.4, 0.5) is 0 Å². The highest BCUT2D eigenvalue weighted by Gasteiger charge is 2.24. The van der Waals surface area contributed by atoms with Crippen molar-refractivity contribution in [1.82, 2.24) is 14.8 Å². The second-order valence-electron chi connectivity index (χ2n) is 7.70. The Morgan fingerprint density at radius 3 is 2.64 bits per heavy atom. The molecule has 0 unspecified atom stereocenters. The number of halogens is 2. The van der Waals surface area contributed by atoms with Crippen LogP contribution in [0.25, 0.3) is 10.6 Å². The van der Waals surface area contributed by atoms with Crippen LogP contribution in [0.1, 0.15) is 16.1 Å². The van der Waals surface area contributed by atoms with Gasteiger partial charge in [-0.3, -0.25) is 9.69 Å². The molecule has 3 aromatic rings. The Hall–Kier alpha value is -2.16. The average molecular weight is 506 g/mol. The van der Waals surface area contributed by atoms with Crippen molar-refractivity contribution in [2.75, 3.05) is 46.4 Å². The Labute approximate surface area is 207 Å². The van der Waals surface area contributed by atoms with Gasteiger partial charge in [-0.15, -0.1) is 11.3 Å². The van der Waals surface area contributed by atoms with E-state index >= 15 is 0 Å². The van der Waals surface area contributed by atoms with Gasteiger partial charge in [-0.1, -0.05) is 41.4 Å². The number of rotatable bonds is 8. The molecule has 1 fully saturated rings. The van der Waals surface area contributed by atoms with Crippen molar-refractivity contribution in [3.63, 3.8) is 0 Å². The molecule has 1 aliphatic heterocycles. The zero-order chi connectivity index (χ0) is 23.2. The third-order valence-corrected chi connectivity index (χ3v) is 7.10. The van der Waals surface area contributed by atoms with Gasteiger partial charge in [-0.2, -0.15) is 0 Å². The lowest BCUT2D eigenvalue weighted by Crippen LogP contribution is -2.49. The number of carbonyl (C=O) groups is 1. The monoisotopic (exact) mass is 505 g/mol. The molecule has 6 nitrogen and oxygen atoms in total. The average Bonchev–Trinajstić information content (AvgIpc) is 3.34. The Kier molecular flexibility index (Phi) is 8.22. The molecule has 0 spiro atoms. The highest BCUT2D eigenvalue weighted by molar-refractivity contribution is 7.13. The second kappa shape index (κ2) is 11.3. The number of thiazole rings is 1. The predicted molar refractivity (Wildman–Crippen MR) is 133 cm³/mol. The van der Waals surface area contributed by atoms with Crippen molar-refractivity contribution in [1.29, 1.82) is 0 Å². The molecule has 1 aromatic heterocycles. The first-order valence-corrected chi connectivity index (χ1v) is 12.3. The number of para-hydroxylation sites is 1. The van der Waals surface area contributed by atoms with Crippen molar-refractivity contribution < 1.29 is 14.3 Å². The van der Waals surface area contributed by atoms with Crippen LogP contribution in [-0.2, 0) is 11.3 Å².